The van der Waals surface area contributed by atoms with Crippen LogP contribution in [0.3, 0.4) is 0 Å². The number of carbonyl (C=O) groups excluding carboxylic acids is 2. The van der Waals surface area contributed by atoms with Gasteiger partial charge >= 0.3 is 0 Å². The summed E-state index contributed by atoms with van der Waals surface area (Å²) in [6.45, 7) is 5.41. The molecule has 0 spiro atoms. The molecule has 1 fully saturated rings. The third-order valence-electron chi connectivity index (χ3n) is 5.95. The number of benzene rings is 2. The van der Waals surface area contributed by atoms with Gasteiger partial charge in [-0.2, -0.15) is 4.31 Å². The van der Waals surface area contributed by atoms with Crippen LogP contribution >= 0.6 is 0 Å². The van der Waals surface area contributed by atoms with Crippen LogP contribution in [0.5, 0.6) is 0 Å². The quantitative estimate of drug-likeness (QED) is 0.584. The zero-order valence-corrected chi connectivity index (χ0v) is 19.0. The van der Waals surface area contributed by atoms with Crippen molar-refractivity contribution in [1.29, 1.82) is 0 Å². The highest BCUT2D eigenvalue weighted by Crippen LogP contribution is 2.23. The van der Waals surface area contributed by atoms with E-state index in [4.69, 9.17) is 0 Å². The lowest BCUT2D eigenvalue weighted by molar-refractivity contribution is -0.132. The summed E-state index contributed by atoms with van der Waals surface area (Å²) < 4.78 is 27.4. The lowest BCUT2D eigenvalue weighted by Gasteiger charge is -2.34. The Morgan fingerprint density at radius 3 is 2.10 bits per heavy atom. The van der Waals surface area contributed by atoms with Gasteiger partial charge in [-0.1, -0.05) is 56.3 Å². The fourth-order valence-electron chi connectivity index (χ4n) is 3.68. The topological polar surface area (TPSA) is 74.8 Å². The normalized spacial score (nSPS) is 16.1. The van der Waals surface area contributed by atoms with Crippen molar-refractivity contribution in [3.8, 4) is 0 Å². The minimum absolute atomic E-state index is 0.0593. The van der Waals surface area contributed by atoms with Gasteiger partial charge in [0.15, 0.2) is 5.78 Å². The van der Waals surface area contributed by atoms with Crippen LogP contribution in [-0.4, -0.2) is 55.5 Å². The van der Waals surface area contributed by atoms with Crippen LogP contribution in [0, 0.1) is 0 Å². The molecule has 2 aromatic carbocycles. The Kier molecular flexibility index (Phi) is 7.62. The molecule has 1 amide bonds. The summed E-state index contributed by atoms with van der Waals surface area (Å²) in [6, 6.07) is 16.0. The fraction of sp³-hybridized carbons (Fsp3) is 0.417. The molecule has 1 atom stereocenters. The van der Waals surface area contributed by atoms with E-state index in [0.29, 0.717) is 24.6 Å². The molecule has 3 rings (SSSR count). The van der Waals surface area contributed by atoms with E-state index in [1.54, 1.807) is 41.3 Å². The maximum Gasteiger partial charge on any atom is 0.243 e. The smallest absolute Gasteiger partial charge is 0.243 e. The van der Waals surface area contributed by atoms with E-state index in [1.165, 1.54) is 4.31 Å². The number of sulfonamides is 1. The summed E-state index contributed by atoms with van der Waals surface area (Å²) in [4.78, 5) is 26.6. The predicted octanol–water partition coefficient (Wildman–Crippen LogP) is 3.70. The molecule has 0 saturated carbocycles. The number of amides is 1. The summed E-state index contributed by atoms with van der Waals surface area (Å²) in [7, 11) is -3.58. The second-order valence-electron chi connectivity index (χ2n) is 7.95. The Bertz CT molecular complexity index is 996. The number of ketones is 1. The Balaban J connectivity index is 1.53. The Labute approximate surface area is 184 Å². The van der Waals surface area contributed by atoms with E-state index in [2.05, 4.69) is 13.8 Å². The van der Waals surface area contributed by atoms with Crippen LogP contribution in [0.4, 0.5) is 0 Å². The van der Waals surface area contributed by atoms with Gasteiger partial charge < -0.3 is 4.90 Å². The van der Waals surface area contributed by atoms with Crippen molar-refractivity contribution in [1.82, 2.24) is 9.21 Å². The van der Waals surface area contributed by atoms with Crippen molar-refractivity contribution >= 4 is 21.7 Å². The molecule has 1 aliphatic rings. The molecular formula is C24H30N2O4S. The molecule has 0 unspecified atom stereocenters. The van der Waals surface area contributed by atoms with Gasteiger partial charge in [0, 0.05) is 44.6 Å². The first-order valence-corrected chi connectivity index (χ1v) is 12.2. The van der Waals surface area contributed by atoms with E-state index in [1.807, 2.05) is 18.2 Å². The van der Waals surface area contributed by atoms with E-state index in [0.717, 1.165) is 12.0 Å². The average molecular weight is 443 g/mol. The van der Waals surface area contributed by atoms with Crippen molar-refractivity contribution < 1.29 is 18.0 Å². The second kappa shape index (κ2) is 10.2. The van der Waals surface area contributed by atoms with Gasteiger partial charge in [-0.15, -0.1) is 0 Å². The number of rotatable bonds is 8. The number of carbonyl (C=O) groups is 2. The van der Waals surface area contributed by atoms with Crippen molar-refractivity contribution in [2.24, 2.45) is 0 Å². The molecule has 6 nitrogen and oxygen atoms in total. The van der Waals surface area contributed by atoms with Gasteiger partial charge in [0.2, 0.25) is 15.9 Å². The molecule has 166 valence electrons. The second-order valence-corrected chi connectivity index (χ2v) is 9.89. The van der Waals surface area contributed by atoms with Crippen molar-refractivity contribution in [3.05, 3.63) is 65.7 Å². The van der Waals surface area contributed by atoms with Crippen molar-refractivity contribution in [2.45, 2.75) is 43.9 Å². The molecule has 0 aliphatic carbocycles. The third kappa shape index (κ3) is 5.60. The van der Waals surface area contributed by atoms with Crippen molar-refractivity contribution in [2.75, 3.05) is 26.2 Å². The van der Waals surface area contributed by atoms with Crippen LogP contribution in [-0.2, 0) is 14.8 Å². The third-order valence-corrected chi connectivity index (χ3v) is 7.87. The summed E-state index contributed by atoms with van der Waals surface area (Å²) in [5.41, 5.74) is 1.73. The van der Waals surface area contributed by atoms with E-state index in [9.17, 15) is 18.0 Å². The number of hydrogen-bond donors (Lipinski definition) is 0. The maximum absolute atomic E-state index is 13.0. The largest absolute Gasteiger partial charge is 0.340 e. The lowest BCUT2D eigenvalue weighted by Crippen LogP contribution is -2.50. The fourth-order valence-corrected chi connectivity index (χ4v) is 5.10. The van der Waals surface area contributed by atoms with Gasteiger partial charge in [-0.05, 0) is 30.0 Å². The van der Waals surface area contributed by atoms with Crippen LogP contribution in [0.1, 0.15) is 54.9 Å². The zero-order chi connectivity index (χ0) is 22.4. The summed E-state index contributed by atoms with van der Waals surface area (Å²) >= 11 is 0. The van der Waals surface area contributed by atoms with Crippen LogP contribution < -0.4 is 0 Å². The zero-order valence-electron chi connectivity index (χ0n) is 18.2. The number of nitrogens with zero attached hydrogens (tertiary/aromatic N) is 2. The number of piperazine rings is 1. The average Bonchev–Trinajstić information content (AvgIpc) is 2.82. The molecule has 0 bridgehead atoms. The molecule has 0 radical (unpaired) electrons. The maximum atomic E-state index is 13.0. The highest BCUT2D eigenvalue weighted by molar-refractivity contribution is 7.89. The minimum atomic E-state index is -3.58. The van der Waals surface area contributed by atoms with Crippen LogP contribution in [0.25, 0.3) is 0 Å². The van der Waals surface area contributed by atoms with Crippen LogP contribution in [0.2, 0.25) is 0 Å². The summed E-state index contributed by atoms with van der Waals surface area (Å²) in [6.07, 6.45) is 1.29. The van der Waals surface area contributed by atoms with Gasteiger partial charge in [-0.25, -0.2) is 8.42 Å². The Morgan fingerprint density at radius 2 is 1.52 bits per heavy atom. The molecular weight excluding hydrogens is 412 g/mol. The molecule has 1 aliphatic heterocycles. The molecule has 0 aromatic heterocycles. The van der Waals surface area contributed by atoms with Gasteiger partial charge in [0.1, 0.15) is 0 Å². The van der Waals surface area contributed by atoms with E-state index >= 15 is 0 Å². The number of Topliss-reactive ketones (excluding diaryl/α,β-unsaturated/α-hetero) is 1. The van der Waals surface area contributed by atoms with Gasteiger partial charge in [-0.3, -0.25) is 9.59 Å². The molecule has 31 heavy (non-hydrogen) atoms. The van der Waals surface area contributed by atoms with E-state index < -0.39 is 10.0 Å². The molecule has 1 heterocycles. The van der Waals surface area contributed by atoms with Crippen LogP contribution in [0.15, 0.2) is 59.5 Å². The summed E-state index contributed by atoms with van der Waals surface area (Å²) in [5, 5.41) is 0. The molecule has 1 saturated heterocycles. The van der Waals surface area contributed by atoms with Gasteiger partial charge in [0.05, 0.1) is 4.90 Å². The van der Waals surface area contributed by atoms with E-state index in [-0.39, 0.29) is 42.5 Å². The summed E-state index contributed by atoms with van der Waals surface area (Å²) in [5.74, 6) is 0.218. The first-order chi connectivity index (χ1) is 14.8. The number of hydrogen-bond acceptors (Lipinski definition) is 4. The predicted molar refractivity (Wildman–Crippen MR) is 120 cm³/mol. The highest BCUT2D eigenvalue weighted by atomic mass is 32.2. The molecule has 7 heteroatoms. The first-order valence-electron chi connectivity index (χ1n) is 10.8. The Hall–Kier alpha value is -2.51. The standard InChI is InChI=1S/C24H30N2O4S/c1-3-19(2)20-9-11-22(12-10-20)31(29,30)26-17-15-25(16-18-26)24(28)14-13-23(27)21-7-5-4-6-8-21/h4-12,19H,3,13-18H2,1-2H3/t19-/m0/s1. The highest BCUT2D eigenvalue weighted by Gasteiger charge is 2.30. The Morgan fingerprint density at radius 1 is 0.903 bits per heavy atom. The van der Waals surface area contributed by atoms with Gasteiger partial charge in [0.25, 0.3) is 0 Å². The SMILES string of the molecule is CC[C@H](C)c1ccc(S(=O)(=O)N2CCN(C(=O)CCC(=O)c3ccccc3)CC2)cc1. The first kappa shape index (κ1) is 23.2. The minimum Gasteiger partial charge on any atom is -0.340 e. The lowest BCUT2D eigenvalue weighted by atomic mass is 9.99. The molecule has 2 aromatic rings. The monoisotopic (exact) mass is 442 g/mol. The molecule has 0 N–H and O–H groups in total. The van der Waals surface area contributed by atoms with Crippen molar-refractivity contribution in [3.63, 3.8) is 0 Å².